The van der Waals surface area contributed by atoms with E-state index in [0.29, 0.717) is 36.5 Å². The fourth-order valence-corrected chi connectivity index (χ4v) is 5.12. The number of para-hydroxylation sites is 1. The van der Waals surface area contributed by atoms with Gasteiger partial charge in [0.05, 0.1) is 5.56 Å². The van der Waals surface area contributed by atoms with E-state index < -0.39 is 0 Å². The third-order valence-corrected chi connectivity index (χ3v) is 6.37. The zero-order valence-electron chi connectivity index (χ0n) is 18.2. The molecule has 2 aliphatic heterocycles. The van der Waals surface area contributed by atoms with Crippen molar-refractivity contribution in [3.63, 3.8) is 0 Å². The van der Waals surface area contributed by atoms with Crippen LogP contribution in [0.25, 0.3) is 11.0 Å². The molecule has 3 heterocycles. The summed E-state index contributed by atoms with van der Waals surface area (Å²) in [5, 5.41) is 7.04. The molecule has 30 heavy (non-hydrogen) atoms. The molecule has 2 saturated heterocycles. The molecular formula is C24H33N3O3. The molecular weight excluding hydrogens is 378 g/mol. The van der Waals surface area contributed by atoms with Gasteiger partial charge >= 0.3 is 0 Å². The van der Waals surface area contributed by atoms with E-state index in [4.69, 9.17) is 4.42 Å². The topological polar surface area (TPSA) is 74.6 Å². The van der Waals surface area contributed by atoms with Crippen molar-refractivity contribution in [2.24, 2.45) is 5.92 Å². The van der Waals surface area contributed by atoms with E-state index in [2.05, 4.69) is 15.5 Å². The highest BCUT2D eigenvalue weighted by molar-refractivity contribution is 6.05. The second-order valence-electron chi connectivity index (χ2n) is 9.86. The largest absolute Gasteiger partial charge is 0.463 e. The Bertz CT molecular complexity index is 900. The fraction of sp³-hybridized carbons (Fsp3) is 0.583. The van der Waals surface area contributed by atoms with E-state index >= 15 is 0 Å². The highest BCUT2D eigenvalue weighted by Gasteiger charge is 2.40. The SMILES string of the molecule is CC(C)(C)NC(=O)CCN1C2CCC1CC(CNC(=O)c1coc3ccccc13)C2. The molecule has 2 fully saturated rings. The standard InChI is InChI=1S/C24H33N3O3/c1-24(2,3)26-22(28)10-11-27-17-8-9-18(27)13-16(12-17)14-25-23(29)20-15-30-21-7-5-4-6-19(20)21/h4-7,15-18H,8-14H2,1-3H3,(H,25,29)(H,26,28). The fourth-order valence-electron chi connectivity index (χ4n) is 5.12. The number of furan rings is 1. The summed E-state index contributed by atoms with van der Waals surface area (Å²) in [6.07, 6.45) is 6.67. The average molecular weight is 412 g/mol. The number of hydrogen-bond donors (Lipinski definition) is 2. The van der Waals surface area contributed by atoms with Crippen molar-refractivity contribution in [3.05, 3.63) is 36.1 Å². The van der Waals surface area contributed by atoms with E-state index in [9.17, 15) is 9.59 Å². The molecule has 2 bridgehead atoms. The van der Waals surface area contributed by atoms with Crippen LogP contribution in [0.5, 0.6) is 0 Å². The van der Waals surface area contributed by atoms with Gasteiger partial charge in [-0.05, 0) is 58.4 Å². The first-order chi connectivity index (χ1) is 14.3. The Balaban J connectivity index is 1.27. The summed E-state index contributed by atoms with van der Waals surface area (Å²) in [5.74, 6) is 0.557. The van der Waals surface area contributed by atoms with Crippen molar-refractivity contribution in [3.8, 4) is 0 Å². The summed E-state index contributed by atoms with van der Waals surface area (Å²) in [7, 11) is 0. The van der Waals surface area contributed by atoms with Crippen LogP contribution in [0.15, 0.2) is 34.9 Å². The second kappa shape index (κ2) is 8.42. The van der Waals surface area contributed by atoms with Crippen LogP contribution in [0.1, 0.15) is 63.2 Å². The number of carbonyl (C=O) groups is 2. The molecule has 0 aliphatic carbocycles. The van der Waals surface area contributed by atoms with E-state index in [1.165, 1.54) is 12.8 Å². The molecule has 4 rings (SSSR count). The average Bonchev–Trinajstić information content (AvgIpc) is 3.21. The van der Waals surface area contributed by atoms with Crippen LogP contribution in [0.4, 0.5) is 0 Å². The Morgan fingerprint density at radius 1 is 1.13 bits per heavy atom. The summed E-state index contributed by atoms with van der Waals surface area (Å²) in [4.78, 5) is 27.4. The summed E-state index contributed by atoms with van der Waals surface area (Å²) in [6, 6.07) is 8.68. The molecule has 162 valence electrons. The highest BCUT2D eigenvalue weighted by atomic mass is 16.3. The molecule has 2 N–H and O–H groups in total. The van der Waals surface area contributed by atoms with Crippen LogP contribution in [0.3, 0.4) is 0 Å². The number of rotatable bonds is 6. The molecule has 0 radical (unpaired) electrons. The number of benzene rings is 1. The number of hydrogen-bond acceptors (Lipinski definition) is 4. The predicted molar refractivity (Wildman–Crippen MR) is 117 cm³/mol. The van der Waals surface area contributed by atoms with Gasteiger partial charge < -0.3 is 15.1 Å². The minimum atomic E-state index is -0.179. The van der Waals surface area contributed by atoms with Crippen molar-refractivity contribution < 1.29 is 14.0 Å². The Labute approximate surface area is 178 Å². The van der Waals surface area contributed by atoms with Crippen molar-refractivity contribution in [1.29, 1.82) is 0 Å². The van der Waals surface area contributed by atoms with Gasteiger partial charge in [-0.25, -0.2) is 0 Å². The summed E-state index contributed by atoms with van der Waals surface area (Å²) >= 11 is 0. The number of carbonyl (C=O) groups excluding carboxylic acids is 2. The van der Waals surface area contributed by atoms with Crippen LogP contribution >= 0.6 is 0 Å². The molecule has 0 saturated carbocycles. The summed E-state index contributed by atoms with van der Waals surface area (Å²) in [6.45, 7) is 7.57. The molecule has 2 aromatic rings. The first-order valence-corrected chi connectivity index (χ1v) is 11.1. The number of nitrogens with one attached hydrogen (secondary N) is 2. The summed E-state index contributed by atoms with van der Waals surface area (Å²) < 4.78 is 5.50. The van der Waals surface area contributed by atoms with Gasteiger partial charge in [0.15, 0.2) is 0 Å². The molecule has 6 nitrogen and oxygen atoms in total. The zero-order chi connectivity index (χ0) is 21.3. The van der Waals surface area contributed by atoms with Gasteiger partial charge in [0.1, 0.15) is 11.8 Å². The Hall–Kier alpha value is -2.34. The van der Waals surface area contributed by atoms with Crippen LogP contribution in [-0.2, 0) is 4.79 Å². The molecule has 1 aromatic heterocycles. The van der Waals surface area contributed by atoms with Crippen LogP contribution in [0, 0.1) is 5.92 Å². The van der Waals surface area contributed by atoms with Gasteiger partial charge in [-0.2, -0.15) is 0 Å². The normalized spacial score (nSPS) is 24.2. The van der Waals surface area contributed by atoms with Gasteiger partial charge in [0.2, 0.25) is 5.91 Å². The van der Waals surface area contributed by atoms with Crippen molar-refractivity contribution in [1.82, 2.24) is 15.5 Å². The summed E-state index contributed by atoms with van der Waals surface area (Å²) in [5.41, 5.74) is 1.17. The molecule has 2 atom stereocenters. The second-order valence-corrected chi connectivity index (χ2v) is 9.86. The quantitative estimate of drug-likeness (QED) is 0.760. The predicted octanol–water partition coefficient (Wildman–Crippen LogP) is 3.71. The lowest BCUT2D eigenvalue weighted by atomic mass is 9.90. The number of amides is 2. The first kappa shape index (κ1) is 20.9. The Kier molecular flexibility index (Phi) is 5.87. The van der Waals surface area contributed by atoms with Crippen LogP contribution < -0.4 is 10.6 Å². The molecule has 6 heteroatoms. The lowest BCUT2D eigenvalue weighted by Crippen LogP contribution is -2.47. The van der Waals surface area contributed by atoms with Crippen LogP contribution in [-0.4, -0.2) is 47.4 Å². The van der Waals surface area contributed by atoms with Crippen LogP contribution in [0.2, 0.25) is 0 Å². The van der Waals surface area contributed by atoms with Crippen molar-refractivity contribution in [2.75, 3.05) is 13.1 Å². The number of fused-ring (bicyclic) bond motifs is 3. The third-order valence-electron chi connectivity index (χ3n) is 6.37. The van der Waals surface area contributed by atoms with Gasteiger partial charge in [0.25, 0.3) is 5.91 Å². The molecule has 0 spiro atoms. The monoisotopic (exact) mass is 411 g/mol. The smallest absolute Gasteiger partial charge is 0.255 e. The minimum absolute atomic E-state index is 0.0615. The lowest BCUT2D eigenvalue weighted by molar-refractivity contribution is -0.123. The van der Waals surface area contributed by atoms with Gasteiger partial charge in [-0.15, -0.1) is 0 Å². The van der Waals surface area contributed by atoms with E-state index in [1.54, 1.807) is 6.26 Å². The van der Waals surface area contributed by atoms with E-state index in [-0.39, 0.29) is 17.4 Å². The van der Waals surface area contributed by atoms with E-state index in [0.717, 1.165) is 30.4 Å². The van der Waals surface area contributed by atoms with E-state index in [1.807, 2.05) is 45.0 Å². The molecule has 2 aliphatic rings. The minimum Gasteiger partial charge on any atom is -0.463 e. The third kappa shape index (κ3) is 4.69. The first-order valence-electron chi connectivity index (χ1n) is 11.1. The Morgan fingerprint density at radius 2 is 1.83 bits per heavy atom. The van der Waals surface area contributed by atoms with Crippen molar-refractivity contribution in [2.45, 2.75) is 70.5 Å². The maximum atomic E-state index is 12.7. The van der Waals surface area contributed by atoms with Gasteiger partial charge in [-0.3, -0.25) is 14.5 Å². The van der Waals surface area contributed by atoms with Crippen molar-refractivity contribution >= 4 is 22.8 Å². The molecule has 2 amide bonds. The Morgan fingerprint density at radius 3 is 2.53 bits per heavy atom. The maximum absolute atomic E-state index is 12.7. The lowest BCUT2D eigenvalue weighted by Gasteiger charge is -2.39. The highest BCUT2D eigenvalue weighted by Crippen LogP contribution is 2.38. The zero-order valence-corrected chi connectivity index (χ0v) is 18.2. The number of nitrogens with zero attached hydrogens (tertiary/aromatic N) is 1. The van der Waals surface area contributed by atoms with Gasteiger partial charge in [0, 0.05) is 42.5 Å². The molecule has 1 aromatic carbocycles. The maximum Gasteiger partial charge on any atom is 0.255 e. The molecule has 2 unspecified atom stereocenters. The number of piperidine rings is 1. The van der Waals surface area contributed by atoms with Gasteiger partial charge in [-0.1, -0.05) is 18.2 Å².